The number of hydrogen-bond donors (Lipinski definition) is 3. The van der Waals surface area contributed by atoms with Gasteiger partial charge in [0.2, 0.25) is 11.8 Å². The summed E-state index contributed by atoms with van der Waals surface area (Å²) in [5, 5.41) is 17.1. The number of hydrogen-bond acceptors (Lipinski definition) is 7. The second kappa shape index (κ2) is 14.3. The SMILES string of the molecule is CCOC(=O)c1c(-c2ccc(C)cc2)csc1NC(=O)C(CC)Sc1cccc(NC(=O)C2CC=CCC2C(=O)O)c1. The molecular weight excluding hydrogens is 572 g/mol. The summed E-state index contributed by atoms with van der Waals surface area (Å²) in [6.45, 7) is 5.85. The molecule has 220 valence electrons. The molecule has 0 fully saturated rings. The first kappa shape index (κ1) is 31.1. The number of carbonyl (C=O) groups excluding carboxylic acids is 3. The molecule has 0 saturated heterocycles. The molecular formula is C32H34N2O6S2. The van der Waals surface area contributed by atoms with E-state index >= 15 is 0 Å². The van der Waals surface area contributed by atoms with Gasteiger partial charge in [-0.2, -0.15) is 0 Å². The van der Waals surface area contributed by atoms with Crippen LogP contribution in [0.3, 0.4) is 0 Å². The highest BCUT2D eigenvalue weighted by atomic mass is 32.2. The van der Waals surface area contributed by atoms with Crippen LogP contribution in [0.2, 0.25) is 0 Å². The zero-order valence-corrected chi connectivity index (χ0v) is 25.3. The molecule has 0 saturated carbocycles. The summed E-state index contributed by atoms with van der Waals surface area (Å²) in [6.07, 6.45) is 4.85. The van der Waals surface area contributed by atoms with Gasteiger partial charge in [-0.15, -0.1) is 23.1 Å². The molecule has 0 aliphatic heterocycles. The summed E-state index contributed by atoms with van der Waals surface area (Å²) >= 11 is 2.63. The quantitative estimate of drug-likeness (QED) is 0.122. The van der Waals surface area contributed by atoms with E-state index < -0.39 is 29.0 Å². The van der Waals surface area contributed by atoms with Crippen molar-refractivity contribution in [1.82, 2.24) is 0 Å². The predicted octanol–water partition coefficient (Wildman–Crippen LogP) is 7.02. The number of aliphatic carboxylic acids is 1. The van der Waals surface area contributed by atoms with Crippen LogP contribution in [-0.4, -0.2) is 40.7 Å². The number of thiophene rings is 1. The van der Waals surface area contributed by atoms with E-state index in [2.05, 4.69) is 10.6 Å². The molecule has 0 bridgehead atoms. The smallest absolute Gasteiger partial charge is 0.341 e. The monoisotopic (exact) mass is 606 g/mol. The molecule has 1 aliphatic carbocycles. The van der Waals surface area contributed by atoms with Crippen molar-refractivity contribution in [1.29, 1.82) is 0 Å². The molecule has 0 spiro atoms. The first-order valence-corrected chi connectivity index (χ1v) is 15.6. The fraction of sp³-hybridized carbons (Fsp3) is 0.312. The molecule has 3 unspecified atom stereocenters. The lowest BCUT2D eigenvalue weighted by Gasteiger charge is -2.24. The Morgan fingerprint density at radius 3 is 2.40 bits per heavy atom. The minimum atomic E-state index is -0.983. The second-order valence-electron chi connectivity index (χ2n) is 9.96. The number of aryl methyl sites for hydroxylation is 1. The Hall–Kier alpha value is -3.89. The minimum Gasteiger partial charge on any atom is -0.481 e. The van der Waals surface area contributed by atoms with Gasteiger partial charge >= 0.3 is 11.9 Å². The highest BCUT2D eigenvalue weighted by Crippen LogP contribution is 2.37. The Kier molecular flexibility index (Phi) is 10.6. The molecule has 8 nitrogen and oxygen atoms in total. The van der Waals surface area contributed by atoms with Crippen LogP contribution in [0.15, 0.2) is 71.0 Å². The number of nitrogens with one attached hydrogen (secondary N) is 2. The zero-order chi connectivity index (χ0) is 30.2. The van der Waals surface area contributed by atoms with Gasteiger partial charge in [-0.3, -0.25) is 14.4 Å². The van der Waals surface area contributed by atoms with Crippen molar-refractivity contribution in [2.45, 2.75) is 50.2 Å². The highest BCUT2D eigenvalue weighted by Gasteiger charge is 2.34. The maximum absolute atomic E-state index is 13.4. The van der Waals surface area contributed by atoms with Crippen molar-refractivity contribution >= 4 is 57.5 Å². The summed E-state index contributed by atoms with van der Waals surface area (Å²) in [5.74, 6) is -3.48. The van der Waals surface area contributed by atoms with Gasteiger partial charge in [0.1, 0.15) is 10.6 Å². The number of thioether (sulfide) groups is 1. The summed E-state index contributed by atoms with van der Waals surface area (Å²) < 4.78 is 5.33. The molecule has 1 aliphatic rings. The molecule has 2 aromatic carbocycles. The average molecular weight is 607 g/mol. The molecule has 3 N–H and O–H groups in total. The molecule has 4 rings (SSSR count). The molecule has 1 heterocycles. The topological polar surface area (TPSA) is 122 Å². The minimum absolute atomic E-state index is 0.212. The lowest BCUT2D eigenvalue weighted by Crippen LogP contribution is -2.34. The average Bonchev–Trinajstić information content (AvgIpc) is 3.40. The molecule has 10 heteroatoms. The zero-order valence-electron chi connectivity index (χ0n) is 23.7. The lowest BCUT2D eigenvalue weighted by atomic mass is 9.82. The summed E-state index contributed by atoms with van der Waals surface area (Å²) in [4.78, 5) is 51.7. The standard InChI is InChI=1S/C32H34N2O6S2/c1-4-26(42-22-10-8-9-21(17-22)33-28(35)23-11-6-7-12-24(23)31(37)38)29(36)34-30-27(32(39)40-5-2)25(18-41-30)20-15-13-19(3)14-16-20/h6-10,13-18,23-24,26H,4-5,11-12H2,1-3H3,(H,33,35)(H,34,36)(H,37,38). The number of carboxylic acid groups (broad SMARTS) is 1. The largest absolute Gasteiger partial charge is 0.481 e. The molecule has 3 aromatic rings. The number of allylic oxidation sites excluding steroid dienone is 2. The molecule has 2 amide bonds. The second-order valence-corrected chi connectivity index (χ2v) is 12.1. The van der Waals surface area contributed by atoms with E-state index in [9.17, 15) is 24.3 Å². The van der Waals surface area contributed by atoms with Crippen LogP contribution in [0.5, 0.6) is 0 Å². The number of benzene rings is 2. The first-order chi connectivity index (χ1) is 20.2. The van der Waals surface area contributed by atoms with Crippen LogP contribution >= 0.6 is 23.1 Å². The Morgan fingerprint density at radius 2 is 1.74 bits per heavy atom. The summed E-state index contributed by atoms with van der Waals surface area (Å²) in [6, 6.07) is 15.0. The number of carboxylic acids is 1. The molecule has 42 heavy (non-hydrogen) atoms. The Balaban J connectivity index is 1.48. The van der Waals surface area contributed by atoms with Gasteiger partial charge in [-0.05, 0) is 56.9 Å². The van der Waals surface area contributed by atoms with Crippen molar-refractivity contribution in [3.63, 3.8) is 0 Å². The fourth-order valence-corrected chi connectivity index (χ4v) is 6.71. The van der Waals surface area contributed by atoms with Crippen LogP contribution in [0.25, 0.3) is 11.1 Å². The molecule has 1 aromatic heterocycles. The van der Waals surface area contributed by atoms with Crippen LogP contribution in [-0.2, 0) is 19.1 Å². The lowest BCUT2D eigenvalue weighted by molar-refractivity contribution is -0.146. The number of esters is 1. The van der Waals surface area contributed by atoms with E-state index in [1.807, 2.05) is 55.6 Å². The van der Waals surface area contributed by atoms with Gasteiger partial charge in [0, 0.05) is 21.5 Å². The van der Waals surface area contributed by atoms with Gasteiger partial charge in [0.05, 0.1) is 23.7 Å². The number of carbonyl (C=O) groups is 4. The van der Waals surface area contributed by atoms with Crippen LogP contribution in [0.4, 0.5) is 10.7 Å². The predicted molar refractivity (Wildman–Crippen MR) is 167 cm³/mol. The van der Waals surface area contributed by atoms with E-state index in [1.165, 1.54) is 23.1 Å². The third-order valence-corrected chi connectivity index (χ3v) is 9.25. The Morgan fingerprint density at radius 1 is 1.02 bits per heavy atom. The van der Waals surface area contributed by atoms with Crippen molar-refractivity contribution in [2.75, 3.05) is 17.2 Å². The van der Waals surface area contributed by atoms with Crippen molar-refractivity contribution in [3.8, 4) is 11.1 Å². The normalized spacial score (nSPS) is 16.8. The van der Waals surface area contributed by atoms with E-state index in [-0.39, 0.29) is 18.4 Å². The fourth-order valence-electron chi connectivity index (χ4n) is 4.74. The van der Waals surface area contributed by atoms with E-state index in [1.54, 1.807) is 31.2 Å². The van der Waals surface area contributed by atoms with Crippen LogP contribution in [0, 0.1) is 18.8 Å². The maximum Gasteiger partial charge on any atom is 0.341 e. The van der Waals surface area contributed by atoms with Crippen molar-refractivity contribution in [3.05, 3.63) is 77.2 Å². The van der Waals surface area contributed by atoms with Gasteiger partial charge < -0.3 is 20.5 Å². The Bertz CT molecular complexity index is 1480. The molecule has 3 atom stereocenters. The number of amides is 2. The van der Waals surface area contributed by atoms with Crippen molar-refractivity contribution < 1.29 is 29.0 Å². The van der Waals surface area contributed by atoms with Gasteiger partial charge in [0.15, 0.2) is 0 Å². The Labute approximate surface area is 253 Å². The first-order valence-electron chi connectivity index (χ1n) is 13.8. The number of ether oxygens (including phenoxy) is 1. The van der Waals surface area contributed by atoms with Crippen LogP contribution < -0.4 is 10.6 Å². The van der Waals surface area contributed by atoms with Gasteiger partial charge in [-0.1, -0.05) is 55.0 Å². The third kappa shape index (κ3) is 7.49. The van der Waals surface area contributed by atoms with Gasteiger partial charge in [-0.25, -0.2) is 4.79 Å². The van der Waals surface area contributed by atoms with E-state index in [0.29, 0.717) is 41.1 Å². The summed E-state index contributed by atoms with van der Waals surface area (Å²) in [7, 11) is 0. The number of anilines is 2. The third-order valence-electron chi connectivity index (χ3n) is 7.00. The molecule has 0 radical (unpaired) electrons. The van der Waals surface area contributed by atoms with Crippen molar-refractivity contribution in [2.24, 2.45) is 11.8 Å². The summed E-state index contributed by atoms with van der Waals surface area (Å²) in [5.41, 5.74) is 3.53. The van der Waals surface area contributed by atoms with E-state index in [4.69, 9.17) is 4.74 Å². The maximum atomic E-state index is 13.4. The highest BCUT2D eigenvalue weighted by molar-refractivity contribution is 8.00. The van der Waals surface area contributed by atoms with E-state index in [0.717, 1.165) is 16.0 Å². The van der Waals surface area contributed by atoms with Gasteiger partial charge in [0.25, 0.3) is 0 Å². The van der Waals surface area contributed by atoms with Crippen LogP contribution in [0.1, 0.15) is 49.0 Å². The number of rotatable bonds is 11.